The molecule has 0 aliphatic rings. The molecule has 4 nitrogen and oxygen atoms in total. The predicted molar refractivity (Wildman–Crippen MR) is 59.5 cm³/mol. The molecule has 16 heavy (non-hydrogen) atoms. The number of esters is 1. The average Bonchev–Trinajstić information content (AvgIpc) is 2.31. The second-order valence-corrected chi connectivity index (χ2v) is 3.44. The van der Waals surface area contributed by atoms with Gasteiger partial charge in [-0.15, -0.1) is 0 Å². The zero-order valence-corrected chi connectivity index (χ0v) is 9.86. The Labute approximate surface area is 99.1 Å². The Balaban J connectivity index is 2.49. The summed E-state index contributed by atoms with van der Waals surface area (Å²) in [6.45, 7) is 0.0501. The van der Waals surface area contributed by atoms with Gasteiger partial charge in [-0.05, 0) is 24.3 Å². The molecule has 1 aromatic carbocycles. The van der Waals surface area contributed by atoms with E-state index >= 15 is 0 Å². The summed E-state index contributed by atoms with van der Waals surface area (Å²) in [7, 11) is 2.95. The maximum atomic E-state index is 11.5. The van der Waals surface area contributed by atoms with Crippen LogP contribution in [0.3, 0.4) is 0 Å². The summed E-state index contributed by atoms with van der Waals surface area (Å²) in [4.78, 5) is 11.5. The molecule has 88 valence electrons. The largest absolute Gasteiger partial charge is 0.457 e. The maximum Gasteiger partial charge on any atom is 0.338 e. The van der Waals surface area contributed by atoms with Crippen LogP contribution < -0.4 is 0 Å². The second-order valence-electron chi connectivity index (χ2n) is 3.01. The van der Waals surface area contributed by atoms with E-state index in [1.54, 1.807) is 24.3 Å². The normalized spacial score (nSPS) is 10.5. The fourth-order valence-electron chi connectivity index (χ4n) is 1.05. The van der Waals surface area contributed by atoms with E-state index in [0.717, 1.165) is 0 Å². The fraction of sp³-hybridized carbons (Fsp3) is 0.364. The molecule has 0 saturated carbocycles. The van der Waals surface area contributed by atoms with Crippen LogP contribution in [0.5, 0.6) is 0 Å². The number of ether oxygens (including phenoxy) is 3. The van der Waals surface area contributed by atoms with Crippen molar-refractivity contribution < 1.29 is 19.0 Å². The van der Waals surface area contributed by atoms with Gasteiger partial charge >= 0.3 is 5.97 Å². The summed E-state index contributed by atoms with van der Waals surface area (Å²) < 4.78 is 14.7. The first-order valence-corrected chi connectivity index (χ1v) is 5.03. The highest BCUT2D eigenvalue weighted by molar-refractivity contribution is 6.30. The van der Waals surface area contributed by atoms with Crippen LogP contribution in [-0.2, 0) is 14.2 Å². The van der Waals surface area contributed by atoms with E-state index in [4.69, 9.17) is 25.8 Å². The molecule has 0 aliphatic heterocycles. The SMILES string of the molecule is COC(COC(=O)c1ccc(Cl)cc1)OC. The van der Waals surface area contributed by atoms with E-state index in [2.05, 4.69) is 0 Å². The van der Waals surface area contributed by atoms with Crippen molar-refractivity contribution >= 4 is 17.6 Å². The van der Waals surface area contributed by atoms with Gasteiger partial charge in [0.05, 0.1) is 5.56 Å². The zero-order chi connectivity index (χ0) is 12.0. The van der Waals surface area contributed by atoms with Crippen LogP contribution in [0.4, 0.5) is 0 Å². The molecule has 0 N–H and O–H groups in total. The molecule has 0 amide bonds. The van der Waals surface area contributed by atoms with Gasteiger partial charge in [0.1, 0.15) is 6.61 Å². The first-order valence-electron chi connectivity index (χ1n) is 4.65. The highest BCUT2D eigenvalue weighted by Gasteiger charge is 2.11. The summed E-state index contributed by atoms with van der Waals surface area (Å²) in [6.07, 6.45) is -0.545. The third kappa shape index (κ3) is 3.81. The van der Waals surface area contributed by atoms with Crippen molar-refractivity contribution in [3.05, 3.63) is 34.9 Å². The van der Waals surface area contributed by atoms with Crippen LogP contribution in [0.2, 0.25) is 5.02 Å². The van der Waals surface area contributed by atoms with Gasteiger partial charge in [0.25, 0.3) is 0 Å². The molecule has 0 spiro atoms. The van der Waals surface area contributed by atoms with Crippen LogP contribution in [0, 0.1) is 0 Å². The molecule has 0 saturated heterocycles. The van der Waals surface area contributed by atoms with Crippen molar-refractivity contribution in [2.45, 2.75) is 6.29 Å². The number of benzene rings is 1. The summed E-state index contributed by atoms with van der Waals surface area (Å²) in [5, 5.41) is 0.572. The minimum atomic E-state index is -0.545. The highest BCUT2D eigenvalue weighted by atomic mass is 35.5. The van der Waals surface area contributed by atoms with Gasteiger partial charge in [-0.2, -0.15) is 0 Å². The van der Waals surface area contributed by atoms with Gasteiger partial charge in [-0.25, -0.2) is 4.79 Å². The Morgan fingerprint density at radius 3 is 2.31 bits per heavy atom. The van der Waals surface area contributed by atoms with Crippen molar-refractivity contribution in [1.29, 1.82) is 0 Å². The Kier molecular flexibility index (Phi) is 5.25. The van der Waals surface area contributed by atoms with E-state index in [9.17, 15) is 4.79 Å². The van der Waals surface area contributed by atoms with Crippen molar-refractivity contribution in [3.63, 3.8) is 0 Å². The number of rotatable bonds is 5. The lowest BCUT2D eigenvalue weighted by atomic mass is 10.2. The van der Waals surface area contributed by atoms with Crippen molar-refractivity contribution in [1.82, 2.24) is 0 Å². The lowest BCUT2D eigenvalue weighted by Gasteiger charge is -2.13. The molecule has 1 aromatic rings. The monoisotopic (exact) mass is 244 g/mol. The van der Waals surface area contributed by atoms with Crippen molar-refractivity contribution in [2.75, 3.05) is 20.8 Å². The van der Waals surface area contributed by atoms with Gasteiger partial charge in [-0.1, -0.05) is 11.6 Å². The number of hydrogen-bond acceptors (Lipinski definition) is 4. The van der Waals surface area contributed by atoms with Crippen LogP contribution >= 0.6 is 11.6 Å². The van der Waals surface area contributed by atoms with Gasteiger partial charge in [0, 0.05) is 19.2 Å². The van der Waals surface area contributed by atoms with Gasteiger partial charge in [-0.3, -0.25) is 0 Å². The Morgan fingerprint density at radius 2 is 1.81 bits per heavy atom. The molecule has 0 aliphatic carbocycles. The Bertz CT molecular complexity index is 332. The Morgan fingerprint density at radius 1 is 1.25 bits per heavy atom. The minimum Gasteiger partial charge on any atom is -0.457 e. The van der Waals surface area contributed by atoms with Crippen LogP contribution in [-0.4, -0.2) is 33.1 Å². The minimum absolute atomic E-state index is 0.0501. The first kappa shape index (κ1) is 13.0. The van der Waals surface area contributed by atoms with E-state index in [1.807, 2.05) is 0 Å². The molecule has 1 rings (SSSR count). The lowest BCUT2D eigenvalue weighted by molar-refractivity contribution is -0.129. The van der Waals surface area contributed by atoms with Crippen LogP contribution in [0.1, 0.15) is 10.4 Å². The standard InChI is InChI=1S/C11H13ClO4/c1-14-10(15-2)7-16-11(13)8-3-5-9(12)6-4-8/h3-6,10H,7H2,1-2H3. The third-order valence-electron chi connectivity index (χ3n) is 1.96. The van der Waals surface area contributed by atoms with Gasteiger partial charge in [0.2, 0.25) is 0 Å². The summed E-state index contributed by atoms with van der Waals surface area (Å²) in [6, 6.07) is 6.45. The van der Waals surface area contributed by atoms with Crippen LogP contribution in [0.25, 0.3) is 0 Å². The zero-order valence-electron chi connectivity index (χ0n) is 9.10. The van der Waals surface area contributed by atoms with Gasteiger partial charge in [0.15, 0.2) is 6.29 Å². The highest BCUT2D eigenvalue weighted by Crippen LogP contribution is 2.10. The lowest BCUT2D eigenvalue weighted by Crippen LogP contribution is -2.22. The molecule has 0 atom stereocenters. The molecular weight excluding hydrogens is 232 g/mol. The van der Waals surface area contributed by atoms with E-state index < -0.39 is 12.3 Å². The number of hydrogen-bond donors (Lipinski definition) is 0. The summed E-state index contributed by atoms with van der Waals surface area (Å²) in [5.74, 6) is -0.434. The number of methoxy groups -OCH3 is 2. The molecule has 0 bridgehead atoms. The van der Waals surface area contributed by atoms with E-state index in [1.165, 1.54) is 14.2 Å². The maximum absolute atomic E-state index is 11.5. The smallest absolute Gasteiger partial charge is 0.338 e. The Hall–Kier alpha value is -1.10. The molecule has 0 unspecified atom stereocenters. The first-order chi connectivity index (χ1) is 7.67. The molecule has 0 aromatic heterocycles. The molecule has 5 heteroatoms. The molecule has 0 heterocycles. The molecule has 0 radical (unpaired) electrons. The topological polar surface area (TPSA) is 44.8 Å². The van der Waals surface area contributed by atoms with E-state index in [0.29, 0.717) is 10.6 Å². The van der Waals surface area contributed by atoms with Crippen molar-refractivity contribution in [2.24, 2.45) is 0 Å². The predicted octanol–water partition coefficient (Wildman–Crippen LogP) is 2.12. The number of halogens is 1. The summed E-state index contributed by atoms with van der Waals surface area (Å²) in [5.41, 5.74) is 0.440. The average molecular weight is 245 g/mol. The molecular formula is C11H13ClO4. The third-order valence-corrected chi connectivity index (χ3v) is 2.21. The van der Waals surface area contributed by atoms with Crippen molar-refractivity contribution in [3.8, 4) is 0 Å². The summed E-state index contributed by atoms with van der Waals surface area (Å²) >= 11 is 5.70. The quantitative estimate of drug-likeness (QED) is 0.588. The second kappa shape index (κ2) is 6.48. The van der Waals surface area contributed by atoms with Gasteiger partial charge < -0.3 is 14.2 Å². The number of carbonyl (C=O) groups excluding carboxylic acids is 1. The van der Waals surface area contributed by atoms with Crippen LogP contribution in [0.15, 0.2) is 24.3 Å². The number of carbonyl (C=O) groups is 1. The fourth-order valence-corrected chi connectivity index (χ4v) is 1.17. The molecule has 0 fully saturated rings. The van der Waals surface area contributed by atoms with E-state index in [-0.39, 0.29) is 6.61 Å².